The number of thioether (sulfide) groups is 1. The van der Waals surface area contributed by atoms with Gasteiger partial charge in [0.05, 0.1) is 0 Å². The molecule has 2 rings (SSSR count). The molecule has 0 aliphatic carbocycles. The van der Waals surface area contributed by atoms with Gasteiger partial charge in [0.2, 0.25) is 0 Å². The van der Waals surface area contributed by atoms with Gasteiger partial charge in [-0.1, -0.05) is 18.6 Å². The summed E-state index contributed by atoms with van der Waals surface area (Å²) in [4.78, 5) is 0. The zero-order valence-corrected chi connectivity index (χ0v) is 12.0. The van der Waals surface area contributed by atoms with Crippen molar-refractivity contribution in [2.24, 2.45) is 0 Å². The standard InChI is InChI=1S/C15H22FNS/c1-11-6-7-13(9-15(11)16)12(2)17-10-14-5-3-4-8-18-14/h6-7,9,12,14,17H,3-5,8,10H2,1-2H3. The fraction of sp³-hybridized carbons (Fsp3) is 0.600. The molecule has 0 amide bonds. The van der Waals surface area contributed by atoms with Crippen LogP contribution in [-0.4, -0.2) is 17.5 Å². The van der Waals surface area contributed by atoms with Gasteiger partial charge in [0.1, 0.15) is 5.82 Å². The van der Waals surface area contributed by atoms with Crippen LogP contribution in [0.2, 0.25) is 0 Å². The number of hydrogen-bond acceptors (Lipinski definition) is 2. The highest BCUT2D eigenvalue weighted by Crippen LogP contribution is 2.25. The Labute approximate surface area is 114 Å². The predicted octanol–water partition coefficient (Wildman–Crippen LogP) is 4.07. The number of aryl methyl sites for hydroxylation is 1. The summed E-state index contributed by atoms with van der Waals surface area (Å²) in [5.41, 5.74) is 1.76. The number of halogens is 1. The molecule has 1 heterocycles. The normalized spacial score (nSPS) is 21.8. The predicted molar refractivity (Wildman–Crippen MR) is 77.7 cm³/mol. The van der Waals surface area contributed by atoms with E-state index in [1.165, 1.54) is 25.0 Å². The van der Waals surface area contributed by atoms with Crippen molar-refractivity contribution < 1.29 is 4.39 Å². The van der Waals surface area contributed by atoms with E-state index in [1.807, 2.05) is 12.1 Å². The van der Waals surface area contributed by atoms with Crippen molar-refractivity contribution in [2.75, 3.05) is 12.3 Å². The molecule has 2 atom stereocenters. The summed E-state index contributed by atoms with van der Waals surface area (Å²) in [7, 11) is 0. The van der Waals surface area contributed by atoms with Crippen molar-refractivity contribution in [3.8, 4) is 0 Å². The van der Waals surface area contributed by atoms with Gasteiger partial charge >= 0.3 is 0 Å². The number of nitrogens with one attached hydrogen (secondary N) is 1. The Morgan fingerprint density at radius 1 is 1.44 bits per heavy atom. The van der Waals surface area contributed by atoms with E-state index < -0.39 is 0 Å². The van der Waals surface area contributed by atoms with Gasteiger partial charge in [-0.2, -0.15) is 11.8 Å². The summed E-state index contributed by atoms with van der Waals surface area (Å²) in [6.07, 6.45) is 4.03. The Hall–Kier alpha value is -0.540. The number of benzene rings is 1. The van der Waals surface area contributed by atoms with E-state index in [0.29, 0.717) is 5.56 Å². The van der Waals surface area contributed by atoms with Crippen LogP contribution in [0, 0.1) is 12.7 Å². The van der Waals surface area contributed by atoms with Gasteiger partial charge < -0.3 is 5.32 Å². The minimum atomic E-state index is -0.104. The maximum absolute atomic E-state index is 13.5. The first-order chi connectivity index (χ1) is 8.66. The van der Waals surface area contributed by atoms with Crippen LogP contribution in [0.1, 0.15) is 43.4 Å². The highest BCUT2D eigenvalue weighted by atomic mass is 32.2. The summed E-state index contributed by atoms with van der Waals surface area (Å²) in [5, 5.41) is 4.26. The first-order valence-corrected chi connectivity index (χ1v) is 7.82. The molecule has 1 N–H and O–H groups in total. The van der Waals surface area contributed by atoms with E-state index in [0.717, 1.165) is 17.4 Å². The molecule has 1 aliphatic rings. The largest absolute Gasteiger partial charge is 0.309 e. The van der Waals surface area contributed by atoms with E-state index in [2.05, 4.69) is 24.0 Å². The fourth-order valence-electron chi connectivity index (χ4n) is 2.27. The fourth-order valence-corrected chi connectivity index (χ4v) is 3.52. The molecule has 1 aliphatic heterocycles. The van der Waals surface area contributed by atoms with Crippen molar-refractivity contribution in [3.63, 3.8) is 0 Å². The van der Waals surface area contributed by atoms with E-state index in [1.54, 1.807) is 13.0 Å². The Morgan fingerprint density at radius 3 is 2.94 bits per heavy atom. The first-order valence-electron chi connectivity index (χ1n) is 6.78. The molecular formula is C15H22FNS. The summed E-state index contributed by atoms with van der Waals surface area (Å²) in [5.74, 6) is 1.19. The van der Waals surface area contributed by atoms with Crippen molar-refractivity contribution in [3.05, 3.63) is 35.1 Å². The highest BCUT2D eigenvalue weighted by Gasteiger charge is 2.15. The van der Waals surface area contributed by atoms with Crippen molar-refractivity contribution in [1.29, 1.82) is 0 Å². The van der Waals surface area contributed by atoms with Gasteiger partial charge in [-0.05, 0) is 49.6 Å². The van der Waals surface area contributed by atoms with Gasteiger partial charge in [-0.3, -0.25) is 0 Å². The zero-order chi connectivity index (χ0) is 13.0. The summed E-state index contributed by atoms with van der Waals surface area (Å²) >= 11 is 2.07. The molecular weight excluding hydrogens is 245 g/mol. The third-order valence-electron chi connectivity index (χ3n) is 3.62. The second-order valence-corrected chi connectivity index (χ2v) is 6.54. The Morgan fingerprint density at radius 2 is 2.28 bits per heavy atom. The molecule has 18 heavy (non-hydrogen) atoms. The second-order valence-electron chi connectivity index (χ2n) is 5.13. The van der Waals surface area contributed by atoms with Crippen LogP contribution in [0.5, 0.6) is 0 Å². The lowest BCUT2D eigenvalue weighted by molar-refractivity contribution is 0.534. The molecule has 1 aromatic rings. The maximum Gasteiger partial charge on any atom is 0.126 e. The molecule has 100 valence electrons. The summed E-state index contributed by atoms with van der Waals surface area (Å²) in [6.45, 7) is 4.94. The Bertz CT molecular complexity index is 388. The van der Waals surface area contributed by atoms with Gasteiger partial charge in [0.25, 0.3) is 0 Å². The Balaban J connectivity index is 1.86. The number of hydrogen-bond donors (Lipinski definition) is 1. The van der Waals surface area contributed by atoms with Crippen LogP contribution in [0.15, 0.2) is 18.2 Å². The van der Waals surface area contributed by atoms with Crippen LogP contribution in [0.25, 0.3) is 0 Å². The minimum Gasteiger partial charge on any atom is -0.309 e. The van der Waals surface area contributed by atoms with Gasteiger partial charge in [0, 0.05) is 17.8 Å². The molecule has 1 saturated heterocycles. The molecule has 0 radical (unpaired) electrons. The van der Waals surface area contributed by atoms with Gasteiger partial charge in [0.15, 0.2) is 0 Å². The topological polar surface area (TPSA) is 12.0 Å². The van der Waals surface area contributed by atoms with Crippen LogP contribution in [0.4, 0.5) is 4.39 Å². The van der Waals surface area contributed by atoms with Crippen LogP contribution >= 0.6 is 11.8 Å². The first kappa shape index (κ1) is 13.9. The third-order valence-corrected chi connectivity index (χ3v) is 5.02. The van der Waals surface area contributed by atoms with Crippen LogP contribution < -0.4 is 5.32 Å². The number of rotatable bonds is 4. The average Bonchev–Trinajstić information content (AvgIpc) is 2.40. The van der Waals surface area contributed by atoms with Gasteiger partial charge in [-0.25, -0.2) is 4.39 Å². The highest BCUT2D eigenvalue weighted by molar-refractivity contribution is 7.99. The SMILES string of the molecule is Cc1ccc(C(C)NCC2CCCCS2)cc1F. The molecule has 0 bridgehead atoms. The van der Waals surface area contributed by atoms with E-state index in [9.17, 15) is 4.39 Å². The van der Waals surface area contributed by atoms with Crippen LogP contribution in [0.3, 0.4) is 0 Å². The summed E-state index contributed by atoms with van der Waals surface area (Å²) in [6, 6.07) is 5.76. The van der Waals surface area contributed by atoms with Crippen molar-refractivity contribution in [2.45, 2.75) is 44.4 Å². The molecule has 1 nitrogen and oxygen atoms in total. The Kier molecular flexibility index (Phi) is 5.07. The van der Waals surface area contributed by atoms with Gasteiger partial charge in [-0.15, -0.1) is 0 Å². The van der Waals surface area contributed by atoms with E-state index in [-0.39, 0.29) is 11.9 Å². The smallest absolute Gasteiger partial charge is 0.126 e. The van der Waals surface area contributed by atoms with E-state index >= 15 is 0 Å². The second kappa shape index (κ2) is 6.58. The molecule has 0 spiro atoms. The molecule has 1 aromatic carbocycles. The lowest BCUT2D eigenvalue weighted by Crippen LogP contribution is -2.29. The van der Waals surface area contributed by atoms with Crippen molar-refractivity contribution >= 4 is 11.8 Å². The lowest BCUT2D eigenvalue weighted by Gasteiger charge is -2.24. The monoisotopic (exact) mass is 267 g/mol. The lowest BCUT2D eigenvalue weighted by atomic mass is 10.1. The zero-order valence-electron chi connectivity index (χ0n) is 11.2. The molecule has 2 unspecified atom stereocenters. The van der Waals surface area contributed by atoms with E-state index in [4.69, 9.17) is 0 Å². The van der Waals surface area contributed by atoms with Crippen molar-refractivity contribution in [1.82, 2.24) is 5.32 Å². The molecule has 3 heteroatoms. The quantitative estimate of drug-likeness (QED) is 0.882. The molecule has 1 fully saturated rings. The molecule has 0 saturated carbocycles. The summed E-state index contributed by atoms with van der Waals surface area (Å²) < 4.78 is 13.5. The minimum absolute atomic E-state index is 0.104. The van der Waals surface area contributed by atoms with Crippen LogP contribution in [-0.2, 0) is 0 Å². The molecule has 0 aromatic heterocycles. The maximum atomic E-state index is 13.5. The third kappa shape index (κ3) is 3.72. The average molecular weight is 267 g/mol.